The Hall–Kier alpha value is 0.561. The van der Waals surface area contributed by atoms with E-state index in [9.17, 15) is 0 Å². The van der Waals surface area contributed by atoms with E-state index in [1.165, 1.54) is 0 Å². The standard InChI is InChI=1S/C13H30SSi3/c1-11-12-15(5,6)17(9,10)14-16(7,8)13(2,3)4/h1-10H3. The molecule has 0 amide bonds. The van der Waals surface area contributed by atoms with Crippen molar-refractivity contribution in [1.82, 2.24) is 0 Å². The Kier molecular flexibility index (Phi) is 5.45. The van der Waals surface area contributed by atoms with E-state index < -0.39 is 21.6 Å². The molecule has 0 aromatic rings. The van der Waals surface area contributed by atoms with Crippen molar-refractivity contribution in [1.29, 1.82) is 0 Å². The molecule has 0 radical (unpaired) electrons. The van der Waals surface area contributed by atoms with Gasteiger partial charge in [0.05, 0.1) is 0 Å². The third kappa shape index (κ3) is 4.30. The summed E-state index contributed by atoms with van der Waals surface area (Å²) in [7, 11) is -0.183. The molecule has 4 heteroatoms. The van der Waals surface area contributed by atoms with Crippen molar-refractivity contribution in [3.63, 3.8) is 0 Å². The van der Waals surface area contributed by atoms with Crippen LogP contribution in [0.4, 0.5) is 0 Å². The molecule has 0 aromatic heterocycles. The molecule has 17 heavy (non-hydrogen) atoms. The molecular formula is C13H30SSi3. The Morgan fingerprint density at radius 2 is 1.29 bits per heavy atom. The first-order chi connectivity index (χ1) is 7.27. The quantitative estimate of drug-likeness (QED) is 0.505. The Bertz CT molecular complexity index is 327. The fraction of sp³-hybridized carbons (Fsp3) is 0.846. The van der Waals surface area contributed by atoms with Crippen molar-refractivity contribution in [2.45, 2.75) is 72.0 Å². The molecule has 0 unspecified atom stereocenters. The van der Waals surface area contributed by atoms with Gasteiger partial charge in [-0.05, 0) is 12.0 Å². The summed E-state index contributed by atoms with van der Waals surface area (Å²) in [4.78, 5) is 0. The average Bonchev–Trinajstić information content (AvgIpc) is 1.98. The van der Waals surface area contributed by atoms with Gasteiger partial charge in [0.15, 0.2) is 0 Å². The second kappa shape index (κ2) is 5.28. The number of rotatable bonds is 3. The Morgan fingerprint density at radius 1 is 0.882 bits per heavy atom. The lowest BCUT2D eigenvalue weighted by Gasteiger charge is -2.45. The molecule has 0 N–H and O–H groups in total. The smallest absolute Gasteiger partial charge is 0.135 e. The number of hydrogen-bond donors (Lipinski definition) is 0. The van der Waals surface area contributed by atoms with Crippen LogP contribution in [0.3, 0.4) is 0 Å². The first kappa shape index (κ1) is 17.6. The summed E-state index contributed by atoms with van der Waals surface area (Å²) in [5, 5.41) is 0.478. The maximum atomic E-state index is 3.59. The van der Waals surface area contributed by atoms with E-state index >= 15 is 0 Å². The average molecular weight is 303 g/mol. The first-order valence-electron chi connectivity index (χ1n) is 6.41. The van der Waals surface area contributed by atoms with Gasteiger partial charge >= 0.3 is 0 Å². The van der Waals surface area contributed by atoms with E-state index in [0.29, 0.717) is 5.04 Å². The molecule has 0 aliphatic heterocycles. The third-order valence-electron chi connectivity index (χ3n) is 4.26. The Balaban J connectivity index is 5.18. The summed E-state index contributed by atoms with van der Waals surface area (Å²) in [6, 6.07) is 0. The summed E-state index contributed by atoms with van der Waals surface area (Å²) in [5.74, 6) is 3.19. The molecule has 0 spiro atoms. The molecule has 0 saturated carbocycles. The summed E-state index contributed by atoms with van der Waals surface area (Å²) in [6.45, 7) is 23.1. The minimum atomic E-state index is -1.34. The molecule has 0 fully saturated rings. The fourth-order valence-corrected chi connectivity index (χ4v) is 41.7. The molecule has 0 saturated heterocycles. The van der Waals surface area contributed by atoms with Gasteiger partial charge < -0.3 is 0 Å². The molecular weight excluding hydrogens is 272 g/mol. The minimum Gasteiger partial charge on any atom is -0.207 e. The van der Waals surface area contributed by atoms with Crippen LogP contribution in [0, 0.1) is 11.5 Å². The largest absolute Gasteiger partial charge is 0.207 e. The van der Waals surface area contributed by atoms with Crippen LogP contribution in [0.1, 0.15) is 27.7 Å². The SMILES string of the molecule is CC#C[Si](C)(C)[Si](C)(C)S[Si](C)(C)C(C)(C)C. The van der Waals surface area contributed by atoms with Gasteiger partial charge in [-0.3, -0.25) is 0 Å². The number of hydrogen-bond acceptors (Lipinski definition) is 1. The Labute approximate surface area is 115 Å². The molecule has 0 aliphatic carbocycles. The van der Waals surface area contributed by atoms with Crippen LogP contribution in [0.5, 0.6) is 0 Å². The molecule has 0 heterocycles. The maximum Gasteiger partial charge on any atom is 0.135 e. The summed E-state index contributed by atoms with van der Waals surface area (Å²) < 4.78 is 0. The van der Waals surface area contributed by atoms with Crippen LogP contribution < -0.4 is 0 Å². The molecule has 0 aliphatic rings. The van der Waals surface area contributed by atoms with Crippen molar-refractivity contribution in [3.05, 3.63) is 0 Å². The summed E-state index contributed by atoms with van der Waals surface area (Å²) >= 11 is 0. The first-order valence-corrected chi connectivity index (χ1v) is 18.7. The maximum absolute atomic E-state index is 3.59. The van der Waals surface area contributed by atoms with Crippen LogP contribution in [0.2, 0.25) is 44.3 Å². The van der Waals surface area contributed by atoms with E-state index in [1.807, 2.05) is 6.92 Å². The zero-order valence-corrected chi connectivity index (χ0v) is 17.2. The molecule has 0 aromatic carbocycles. The van der Waals surface area contributed by atoms with Crippen LogP contribution in [0.15, 0.2) is 0 Å². The highest BCUT2D eigenvalue weighted by Crippen LogP contribution is 2.48. The van der Waals surface area contributed by atoms with Gasteiger partial charge in [0.2, 0.25) is 0 Å². The summed E-state index contributed by atoms with van der Waals surface area (Å²) in [5.41, 5.74) is 3.59. The van der Waals surface area contributed by atoms with Crippen LogP contribution in [-0.2, 0) is 0 Å². The van der Waals surface area contributed by atoms with E-state index in [0.717, 1.165) is 0 Å². The second-order valence-electron chi connectivity index (χ2n) is 7.37. The monoisotopic (exact) mass is 302 g/mol. The molecule has 0 nitrogen and oxygen atoms in total. The van der Waals surface area contributed by atoms with Gasteiger partial charge in [-0.2, -0.15) is 0 Å². The van der Waals surface area contributed by atoms with Gasteiger partial charge in [0.25, 0.3) is 0 Å². The topological polar surface area (TPSA) is 0 Å². The highest BCUT2D eigenvalue weighted by atomic mass is 32.5. The van der Waals surface area contributed by atoms with Gasteiger partial charge in [-0.25, -0.2) is 10.7 Å². The third-order valence-corrected chi connectivity index (χ3v) is 43.6. The van der Waals surface area contributed by atoms with Gasteiger partial charge in [0, 0.05) is 0 Å². The lowest BCUT2D eigenvalue weighted by molar-refractivity contribution is 0.737. The van der Waals surface area contributed by atoms with Crippen LogP contribution in [-0.4, -0.2) is 21.6 Å². The second-order valence-corrected chi connectivity index (χ2v) is 35.8. The minimum absolute atomic E-state index is 0.478. The lowest BCUT2D eigenvalue weighted by atomic mass is 10.2. The zero-order valence-electron chi connectivity index (χ0n) is 13.4. The molecule has 0 bridgehead atoms. The van der Waals surface area contributed by atoms with Gasteiger partial charge in [-0.1, -0.05) is 60.1 Å². The van der Waals surface area contributed by atoms with E-state index in [-0.39, 0.29) is 0 Å². The van der Waals surface area contributed by atoms with Crippen LogP contribution in [0.25, 0.3) is 0 Å². The van der Waals surface area contributed by atoms with Crippen molar-refractivity contribution in [2.24, 2.45) is 0 Å². The molecule has 0 rings (SSSR count). The Morgan fingerprint density at radius 3 is 1.59 bits per heavy atom. The van der Waals surface area contributed by atoms with Gasteiger partial charge in [0.1, 0.15) is 21.6 Å². The van der Waals surface area contributed by atoms with Crippen molar-refractivity contribution in [3.8, 4) is 11.5 Å². The molecule has 100 valence electrons. The zero-order chi connectivity index (χ0) is 14.1. The van der Waals surface area contributed by atoms with E-state index in [1.54, 1.807) is 0 Å². The lowest BCUT2D eigenvalue weighted by Crippen LogP contribution is -2.56. The summed E-state index contributed by atoms with van der Waals surface area (Å²) in [6.07, 6.45) is 0. The highest BCUT2D eigenvalue weighted by Gasteiger charge is 2.48. The normalized spacial score (nSPS) is 14.2. The van der Waals surface area contributed by atoms with Crippen molar-refractivity contribution in [2.75, 3.05) is 0 Å². The predicted octanol–water partition coefficient (Wildman–Crippen LogP) is 5.28. The van der Waals surface area contributed by atoms with E-state index in [2.05, 4.69) is 82.2 Å². The van der Waals surface area contributed by atoms with Crippen molar-refractivity contribution < 1.29 is 0 Å². The predicted molar refractivity (Wildman–Crippen MR) is 93.2 cm³/mol. The van der Waals surface area contributed by atoms with E-state index in [4.69, 9.17) is 0 Å². The molecule has 0 atom stereocenters. The van der Waals surface area contributed by atoms with Crippen LogP contribution >= 0.6 is 10.7 Å². The highest BCUT2D eigenvalue weighted by molar-refractivity contribution is 8.54. The fourth-order valence-electron chi connectivity index (χ4n) is 1.38. The van der Waals surface area contributed by atoms with Gasteiger partial charge in [-0.15, -0.1) is 11.5 Å². The van der Waals surface area contributed by atoms with Crippen molar-refractivity contribution >= 4 is 32.2 Å².